The monoisotopic (exact) mass is 246 g/mol. The van der Waals surface area contributed by atoms with Gasteiger partial charge in [0.1, 0.15) is 0 Å². The lowest BCUT2D eigenvalue weighted by Gasteiger charge is -2.06. The Labute approximate surface area is 106 Å². The minimum Gasteiger partial charge on any atom is -0.295 e. The average Bonchev–Trinajstić information content (AvgIpc) is 2.60. The van der Waals surface area contributed by atoms with Gasteiger partial charge in [0.05, 0.1) is 11.0 Å². The van der Waals surface area contributed by atoms with Crippen LogP contribution in [0.2, 0.25) is 0 Å². The van der Waals surface area contributed by atoms with Crippen LogP contribution in [0.15, 0.2) is 23.0 Å². The molecule has 0 amide bonds. The Balaban J connectivity index is 2.77. The molecule has 18 heavy (non-hydrogen) atoms. The second-order valence-corrected chi connectivity index (χ2v) is 4.79. The summed E-state index contributed by atoms with van der Waals surface area (Å²) in [6, 6.07) is 5.57. The molecule has 0 bridgehead atoms. The van der Waals surface area contributed by atoms with Gasteiger partial charge in [-0.25, -0.2) is 4.79 Å². The number of carbonyl (C=O) groups is 1. The number of imidazole rings is 1. The normalized spacial score (nSPS) is 11.4. The van der Waals surface area contributed by atoms with Gasteiger partial charge in [-0.05, 0) is 32.0 Å². The Bertz CT molecular complexity index is 662. The molecular formula is C14H18N2O2. The maximum atomic E-state index is 12.1. The molecule has 96 valence electrons. The Morgan fingerprint density at radius 2 is 1.94 bits per heavy atom. The molecule has 0 saturated carbocycles. The molecule has 0 radical (unpaired) electrons. The predicted molar refractivity (Wildman–Crippen MR) is 72.2 cm³/mol. The van der Waals surface area contributed by atoms with E-state index >= 15 is 0 Å². The van der Waals surface area contributed by atoms with Crippen molar-refractivity contribution in [2.45, 2.75) is 33.2 Å². The molecule has 4 nitrogen and oxygen atoms in total. The topological polar surface area (TPSA) is 44.0 Å². The summed E-state index contributed by atoms with van der Waals surface area (Å²) in [4.78, 5) is 23.8. The smallest absolute Gasteiger partial charge is 0.295 e. The van der Waals surface area contributed by atoms with Crippen molar-refractivity contribution in [3.8, 4) is 0 Å². The van der Waals surface area contributed by atoms with E-state index in [4.69, 9.17) is 0 Å². The molecule has 2 aromatic rings. The zero-order valence-corrected chi connectivity index (χ0v) is 11.2. The summed E-state index contributed by atoms with van der Waals surface area (Å²) in [6.45, 7) is 5.79. The van der Waals surface area contributed by atoms with Crippen molar-refractivity contribution in [2.75, 3.05) is 0 Å². The maximum Gasteiger partial charge on any atom is 0.329 e. The number of carbonyl (C=O) groups excluding carboxylic acids is 1. The van der Waals surface area contributed by atoms with E-state index < -0.39 is 0 Å². The zero-order valence-electron chi connectivity index (χ0n) is 11.2. The summed E-state index contributed by atoms with van der Waals surface area (Å²) < 4.78 is 3.34. The number of nitrogens with zero attached hydrogens (tertiary/aromatic N) is 2. The van der Waals surface area contributed by atoms with Crippen molar-refractivity contribution >= 4 is 16.8 Å². The number of hydrogen-bond acceptors (Lipinski definition) is 2. The minimum atomic E-state index is -0.0407. The van der Waals surface area contributed by atoms with Crippen molar-refractivity contribution in [3.63, 3.8) is 0 Å². The highest BCUT2D eigenvalue weighted by Crippen LogP contribution is 2.18. The molecule has 2 rings (SSSR count). The Kier molecular flexibility index (Phi) is 3.11. The van der Waals surface area contributed by atoms with E-state index in [0.29, 0.717) is 12.0 Å². The van der Waals surface area contributed by atoms with Crippen LogP contribution in [0.5, 0.6) is 0 Å². The van der Waals surface area contributed by atoms with Gasteiger partial charge in [0.25, 0.3) is 0 Å². The summed E-state index contributed by atoms with van der Waals surface area (Å²) in [5, 5.41) is 0. The summed E-state index contributed by atoms with van der Waals surface area (Å²) >= 11 is 0. The standard InChI is InChI=1S/C14H18N2O2/c1-5-13(17)10-6-7-11-12(8-10)15(4)14(18)16(11)9(2)3/h6-9H,5H2,1-4H3. The van der Waals surface area contributed by atoms with E-state index in [1.807, 2.05) is 26.8 Å². The summed E-state index contributed by atoms with van der Waals surface area (Å²) in [7, 11) is 1.74. The van der Waals surface area contributed by atoms with Gasteiger partial charge in [-0.3, -0.25) is 13.9 Å². The molecule has 0 spiro atoms. The number of Topliss-reactive ketones (excluding diaryl/α,β-unsaturated/α-hetero) is 1. The lowest BCUT2D eigenvalue weighted by Crippen LogP contribution is -2.23. The number of hydrogen-bond donors (Lipinski definition) is 0. The molecule has 0 atom stereocenters. The predicted octanol–water partition coefficient (Wildman–Crippen LogP) is 2.51. The first-order chi connectivity index (χ1) is 8.47. The summed E-state index contributed by atoms with van der Waals surface area (Å²) in [6.07, 6.45) is 0.477. The first-order valence-electron chi connectivity index (χ1n) is 6.21. The SMILES string of the molecule is CCC(=O)c1ccc2c(c1)n(C)c(=O)n2C(C)C. The minimum absolute atomic E-state index is 0.0407. The number of ketones is 1. The van der Waals surface area contributed by atoms with Gasteiger partial charge in [0.15, 0.2) is 5.78 Å². The average molecular weight is 246 g/mol. The lowest BCUT2D eigenvalue weighted by atomic mass is 10.1. The quantitative estimate of drug-likeness (QED) is 0.781. The third-order valence-electron chi connectivity index (χ3n) is 3.25. The van der Waals surface area contributed by atoms with Gasteiger partial charge in [-0.2, -0.15) is 0 Å². The summed E-state index contributed by atoms with van der Waals surface area (Å²) in [5.74, 6) is 0.0987. The second-order valence-electron chi connectivity index (χ2n) is 4.79. The Morgan fingerprint density at radius 1 is 1.28 bits per heavy atom. The highest BCUT2D eigenvalue weighted by Gasteiger charge is 2.14. The van der Waals surface area contributed by atoms with Crippen LogP contribution in [0, 0.1) is 0 Å². The van der Waals surface area contributed by atoms with Crippen molar-refractivity contribution in [1.82, 2.24) is 9.13 Å². The van der Waals surface area contributed by atoms with Crippen LogP contribution in [-0.4, -0.2) is 14.9 Å². The van der Waals surface area contributed by atoms with Crippen LogP contribution in [0.4, 0.5) is 0 Å². The number of rotatable bonds is 3. The van der Waals surface area contributed by atoms with Crippen molar-refractivity contribution < 1.29 is 4.79 Å². The van der Waals surface area contributed by atoms with Crippen LogP contribution in [0.3, 0.4) is 0 Å². The highest BCUT2D eigenvalue weighted by molar-refractivity contribution is 5.98. The van der Waals surface area contributed by atoms with Crippen LogP contribution in [-0.2, 0) is 7.05 Å². The van der Waals surface area contributed by atoms with Gasteiger partial charge in [0.2, 0.25) is 0 Å². The van der Waals surface area contributed by atoms with Crippen LogP contribution in [0.25, 0.3) is 11.0 Å². The van der Waals surface area contributed by atoms with E-state index in [1.54, 1.807) is 28.3 Å². The molecular weight excluding hydrogens is 228 g/mol. The molecule has 0 aliphatic carbocycles. The van der Waals surface area contributed by atoms with Gasteiger partial charge < -0.3 is 0 Å². The molecule has 4 heteroatoms. The van der Waals surface area contributed by atoms with E-state index in [0.717, 1.165) is 11.0 Å². The third-order valence-corrected chi connectivity index (χ3v) is 3.25. The first kappa shape index (κ1) is 12.6. The first-order valence-corrected chi connectivity index (χ1v) is 6.21. The summed E-state index contributed by atoms with van der Waals surface area (Å²) in [5.41, 5.74) is 2.32. The molecule has 0 fully saturated rings. The van der Waals surface area contributed by atoms with E-state index in [9.17, 15) is 9.59 Å². The second kappa shape index (κ2) is 4.44. The highest BCUT2D eigenvalue weighted by atomic mass is 16.1. The fourth-order valence-electron chi connectivity index (χ4n) is 2.24. The molecule has 0 unspecified atom stereocenters. The number of aromatic nitrogens is 2. The molecule has 1 aromatic carbocycles. The fraction of sp³-hybridized carbons (Fsp3) is 0.429. The maximum absolute atomic E-state index is 12.1. The van der Waals surface area contributed by atoms with Crippen molar-refractivity contribution in [3.05, 3.63) is 34.2 Å². The lowest BCUT2D eigenvalue weighted by molar-refractivity contribution is 0.0988. The molecule has 0 saturated heterocycles. The molecule has 0 N–H and O–H groups in total. The van der Waals surface area contributed by atoms with E-state index in [2.05, 4.69) is 0 Å². The number of benzene rings is 1. The largest absolute Gasteiger partial charge is 0.329 e. The van der Waals surface area contributed by atoms with Gasteiger partial charge in [-0.15, -0.1) is 0 Å². The van der Waals surface area contributed by atoms with Crippen molar-refractivity contribution in [2.24, 2.45) is 7.05 Å². The number of aryl methyl sites for hydroxylation is 1. The van der Waals surface area contributed by atoms with Crippen molar-refractivity contribution in [1.29, 1.82) is 0 Å². The third kappa shape index (κ3) is 1.78. The van der Waals surface area contributed by atoms with E-state index in [1.165, 1.54) is 0 Å². The molecule has 1 heterocycles. The Hall–Kier alpha value is -1.84. The van der Waals surface area contributed by atoms with Crippen LogP contribution in [0.1, 0.15) is 43.6 Å². The number of fused-ring (bicyclic) bond motifs is 1. The van der Waals surface area contributed by atoms with Crippen LogP contribution < -0.4 is 5.69 Å². The molecule has 0 aliphatic rings. The van der Waals surface area contributed by atoms with E-state index in [-0.39, 0.29) is 17.5 Å². The zero-order chi connectivity index (χ0) is 13.4. The Morgan fingerprint density at radius 3 is 2.50 bits per heavy atom. The van der Waals surface area contributed by atoms with Gasteiger partial charge in [-0.1, -0.05) is 6.92 Å². The van der Waals surface area contributed by atoms with Gasteiger partial charge in [0, 0.05) is 25.1 Å². The van der Waals surface area contributed by atoms with Crippen LogP contribution >= 0.6 is 0 Å². The van der Waals surface area contributed by atoms with Gasteiger partial charge >= 0.3 is 5.69 Å². The fourth-order valence-corrected chi connectivity index (χ4v) is 2.24. The molecule has 0 aliphatic heterocycles. The molecule has 1 aromatic heterocycles.